The molecule has 4 heteroatoms. The Bertz CT molecular complexity index is 286. The lowest BCUT2D eigenvalue weighted by atomic mass is 9.90. The molecule has 0 saturated carbocycles. The summed E-state index contributed by atoms with van der Waals surface area (Å²) >= 11 is 0. The van der Waals surface area contributed by atoms with Gasteiger partial charge in [-0.25, -0.2) is 0 Å². The molecule has 1 N–H and O–H groups in total. The molecule has 2 heterocycles. The zero-order chi connectivity index (χ0) is 13.2. The highest BCUT2D eigenvalue weighted by molar-refractivity contribution is 5.76. The van der Waals surface area contributed by atoms with Crippen molar-refractivity contribution < 1.29 is 4.79 Å². The lowest BCUT2D eigenvalue weighted by molar-refractivity contribution is -0.134. The van der Waals surface area contributed by atoms with E-state index in [1.54, 1.807) is 0 Å². The van der Waals surface area contributed by atoms with E-state index in [9.17, 15) is 4.79 Å². The van der Waals surface area contributed by atoms with Crippen molar-refractivity contribution in [2.24, 2.45) is 5.41 Å². The maximum absolute atomic E-state index is 12.1. The van der Waals surface area contributed by atoms with Gasteiger partial charge in [0.2, 0.25) is 5.91 Å². The van der Waals surface area contributed by atoms with Crippen LogP contribution < -0.4 is 5.32 Å². The molecule has 104 valence electrons. The number of carbonyl (C=O) groups is 1. The van der Waals surface area contributed by atoms with Crippen LogP contribution >= 0.6 is 0 Å². The van der Waals surface area contributed by atoms with Crippen molar-refractivity contribution >= 4 is 5.91 Å². The third-order valence-corrected chi connectivity index (χ3v) is 4.03. The average molecular weight is 253 g/mol. The quantitative estimate of drug-likeness (QED) is 0.813. The Balaban J connectivity index is 1.70. The second-order valence-corrected chi connectivity index (χ2v) is 6.79. The van der Waals surface area contributed by atoms with Gasteiger partial charge in [0.1, 0.15) is 0 Å². The van der Waals surface area contributed by atoms with Crippen LogP contribution in [-0.4, -0.2) is 61.0 Å². The molecular weight excluding hydrogens is 226 g/mol. The zero-order valence-corrected chi connectivity index (χ0v) is 12.0. The maximum Gasteiger partial charge on any atom is 0.222 e. The summed E-state index contributed by atoms with van der Waals surface area (Å²) in [5, 5.41) is 3.31. The number of piperazine rings is 1. The first-order chi connectivity index (χ1) is 8.46. The molecular formula is C14H27N3O. The molecule has 0 aromatic heterocycles. The van der Waals surface area contributed by atoms with Crippen LogP contribution in [0.3, 0.4) is 0 Å². The fraction of sp³-hybridized carbons (Fsp3) is 0.929. The van der Waals surface area contributed by atoms with Crippen LogP contribution in [0.2, 0.25) is 0 Å². The summed E-state index contributed by atoms with van der Waals surface area (Å²) in [5.74, 6) is 0.344. The van der Waals surface area contributed by atoms with E-state index in [0.29, 0.717) is 12.3 Å². The fourth-order valence-corrected chi connectivity index (χ4v) is 2.51. The smallest absolute Gasteiger partial charge is 0.222 e. The molecule has 2 saturated heterocycles. The molecule has 0 spiro atoms. The first-order valence-corrected chi connectivity index (χ1v) is 7.18. The van der Waals surface area contributed by atoms with Gasteiger partial charge >= 0.3 is 0 Å². The third kappa shape index (κ3) is 3.69. The largest absolute Gasteiger partial charge is 0.340 e. The predicted octanol–water partition coefficient (Wildman–Crippen LogP) is 0.929. The van der Waals surface area contributed by atoms with Crippen LogP contribution in [-0.2, 0) is 4.79 Å². The molecule has 2 fully saturated rings. The van der Waals surface area contributed by atoms with Crippen molar-refractivity contribution in [3.05, 3.63) is 0 Å². The molecule has 0 bridgehead atoms. The monoisotopic (exact) mass is 253 g/mol. The topological polar surface area (TPSA) is 35.6 Å². The SMILES string of the molecule is CC(C)(C)CCC(=O)N1CCN(C2CNC2)CC1. The van der Waals surface area contributed by atoms with Gasteiger partial charge in [0.05, 0.1) is 0 Å². The van der Waals surface area contributed by atoms with E-state index in [4.69, 9.17) is 0 Å². The van der Waals surface area contributed by atoms with Crippen LogP contribution in [0.1, 0.15) is 33.6 Å². The van der Waals surface area contributed by atoms with Gasteiger partial charge in [-0.15, -0.1) is 0 Å². The number of nitrogens with zero attached hydrogens (tertiary/aromatic N) is 2. The Kier molecular flexibility index (Phi) is 4.28. The first kappa shape index (κ1) is 13.8. The van der Waals surface area contributed by atoms with E-state index in [1.807, 2.05) is 4.90 Å². The molecule has 0 atom stereocenters. The van der Waals surface area contributed by atoms with Crippen LogP contribution in [0.25, 0.3) is 0 Å². The second kappa shape index (κ2) is 5.57. The van der Waals surface area contributed by atoms with Crippen molar-refractivity contribution in [3.8, 4) is 0 Å². The van der Waals surface area contributed by atoms with Gasteiger partial charge in [0.25, 0.3) is 0 Å². The lowest BCUT2D eigenvalue weighted by Gasteiger charge is -2.43. The van der Waals surface area contributed by atoms with E-state index in [-0.39, 0.29) is 5.41 Å². The molecule has 2 aliphatic rings. The van der Waals surface area contributed by atoms with Gasteiger partial charge in [-0.2, -0.15) is 0 Å². The Labute approximate surface area is 111 Å². The molecule has 2 rings (SSSR count). The molecule has 0 aliphatic carbocycles. The number of hydrogen-bond acceptors (Lipinski definition) is 3. The van der Waals surface area contributed by atoms with Crippen molar-refractivity contribution in [3.63, 3.8) is 0 Å². The van der Waals surface area contributed by atoms with Crippen molar-refractivity contribution in [1.29, 1.82) is 0 Å². The average Bonchev–Trinajstić information content (AvgIpc) is 2.23. The Morgan fingerprint density at radius 2 is 1.78 bits per heavy atom. The Morgan fingerprint density at radius 1 is 1.17 bits per heavy atom. The van der Waals surface area contributed by atoms with Gasteiger partial charge in [0.15, 0.2) is 0 Å². The van der Waals surface area contributed by atoms with Crippen molar-refractivity contribution in [1.82, 2.24) is 15.1 Å². The van der Waals surface area contributed by atoms with Gasteiger partial charge in [-0.1, -0.05) is 20.8 Å². The standard InChI is InChI=1S/C14H27N3O/c1-14(2,3)5-4-13(18)17-8-6-16(7-9-17)12-10-15-11-12/h12,15H,4-11H2,1-3H3. The number of rotatable bonds is 3. The van der Waals surface area contributed by atoms with E-state index in [0.717, 1.165) is 51.7 Å². The molecule has 0 aromatic carbocycles. The molecule has 0 unspecified atom stereocenters. The van der Waals surface area contributed by atoms with Crippen LogP contribution in [0.4, 0.5) is 0 Å². The summed E-state index contributed by atoms with van der Waals surface area (Å²) in [5.41, 5.74) is 0.259. The summed E-state index contributed by atoms with van der Waals surface area (Å²) in [6.07, 6.45) is 1.69. The lowest BCUT2D eigenvalue weighted by Crippen LogP contribution is -2.62. The van der Waals surface area contributed by atoms with E-state index in [1.165, 1.54) is 0 Å². The molecule has 18 heavy (non-hydrogen) atoms. The zero-order valence-electron chi connectivity index (χ0n) is 12.0. The first-order valence-electron chi connectivity index (χ1n) is 7.18. The van der Waals surface area contributed by atoms with Crippen molar-refractivity contribution in [2.45, 2.75) is 39.7 Å². The second-order valence-electron chi connectivity index (χ2n) is 6.79. The molecule has 0 radical (unpaired) electrons. The third-order valence-electron chi connectivity index (χ3n) is 4.03. The summed E-state index contributed by atoms with van der Waals surface area (Å²) in [6.45, 7) is 12.8. The van der Waals surface area contributed by atoms with E-state index < -0.39 is 0 Å². The van der Waals surface area contributed by atoms with Gasteiger partial charge in [0, 0.05) is 51.7 Å². The minimum absolute atomic E-state index is 0.259. The molecule has 2 aliphatic heterocycles. The summed E-state index contributed by atoms with van der Waals surface area (Å²) in [4.78, 5) is 16.7. The van der Waals surface area contributed by atoms with Crippen molar-refractivity contribution in [2.75, 3.05) is 39.3 Å². The van der Waals surface area contributed by atoms with Crippen LogP contribution in [0, 0.1) is 5.41 Å². The Morgan fingerprint density at radius 3 is 2.22 bits per heavy atom. The number of hydrogen-bond donors (Lipinski definition) is 1. The number of amides is 1. The number of nitrogens with one attached hydrogen (secondary N) is 1. The minimum atomic E-state index is 0.259. The molecule has 0 aromatic rings. The van der Waals surface area contributed by atoms with Crippen LogP contribution in [0.5, 0.6) is 0 Å². The van der Waals surface area contributed by atoms with E-state index >= 15 is 0 Å². The number of carbonyl (C=O) groups excluding carboxylic acids is 1. The van der Waals surface area contributed by atoms with Gasteiger partial charge < -0.3 is 10.2 Å². The normalized spacial score (nSPS) is 22.9. The summed E-state index contributed by atoms with van der Waals surface area (Å²) in [6, 6.07) is 0.719. The highest BCUT2D eigenvalue weighted by atomic mass is 16.2. The van der Waals surface area contributed by atoms with Gasteiger partial charge in [-0.05, 0) is 11.8 Å². The fourth-order valence-electron chi connectivity index (χ4n) is 2.51. The highest BCUT2D eigenvalue weighted by Gasteiger charge is 2.29. The van der Waals surface area contributed by atoms with E-state index in [2.05, 4.69) is 31.0 Å². The maximum atomic E-state index is 12.1. The summed E-state index contributed by atoms with van der Waals surface area (Å²) in [7, 11) is 0. The highest BCUT2D eigenvalue weighted by Crippen LogP contribution is 2.21. The molecule has 1 amide bonds. The summed E-state index contributed by atoms with van der Waals surface area (Å²) < 4.78 is 0. The van der Waals surface area contributed by atoms with Gasteiger partial charge in [-0.3, -0.25) is 9.69 Å². The molecule has 4 nitrogen and oxygen atoms in total. The predicted molar refractivity (Wildman–Crippen MR) is 73.5 cm³/mol. The minimum Gasteiger partial charge on any atom is -0.340 e. The van der Waals surface area contributed by atoms with Crippen LogP contribution in [0.15, 0.2) is 0 Å². The Hall–Kier alpha value is -0.610.